The number of unbranched alkanes of at least 4 members (excludes halogenated alkanes) is 38. The molecule has 1 saturated heterocycles. The molecule has 0 aromatic carbocycles. The Bertz CT molecular complexity index is 1290. The van der Waals surface area contributed by atoms with Crippen LogP contribution in [0.25, 0.3) is 0 Å². The number of carbonyl (C=O) groups is 1. The molecule has 0 aromatic rings. The van der Waals surface area contributed by atoms with Crippen molar-refractivity contribution in [2.24, 2.45) is 0 Å². The summed E-state index contributed by atoms with van der Waals surface area (Å²) in [6.45, 7) is 3.47. The summed E-state index contributed by atoms with van der Waals surface area (Å²) in [6.07, 6.45) is 48.2. The van der Waals surface area contributed by atoms with E-state index in [0.29, 0.717) is 12.8 Å². The number of aliphatic hydroxyl groups is 4. The first-order valence-electron chi connectivity index (χ1n) is 29.6. The van der Waals surface area contributed by atoms with Crippen molar-refractivity contribution in [1.29, 1.82) is 0 Å². The number of rotatable bonds is 52. The monoisotopic (exact) mass is 1020 g/mol. The van der Waals surface area contributed by atoms with Crippen LogP contribution < -0.4 is 5.32 Å². The van der Waals surface area contributed by atoms with Crippen LogP contribution in [0, 0.1) is 0 Å². The average molecular weight is 1020 g/mol. The highest BCUT2D eigenvalue weighted by molar-refractivity contribution is 7.80. The third-order valence-electron chi connectivity index (χ3n) is 14.3. The number of carbonyl (C=O) groups excluding carboxylic acids is 1. The second-order valence-electron chi connectivity index (χ2n) is 20.9. The van der Waals surface area contributed by atoms with Gasteiger partial charge < -0.3 is 35.2 Å². The van der Waals surface area contributed by atoms with Gasteiger partial charge in [0, 0.05) is 6.42 Å². The van der Waals surface area contributed by atoms with E-state index in [2.05, 4.69) is 35.5 Å². The second kappa shape index (κ2) is 47.5. The average Bonchev–Trinajstić information content (AvgIpc) is 3.33. The highest BCUT2D eigenvalue weighted by Crippen LogP contribution is 2.26. The van der Waals surface area contributed by atoms with Crippen molar-refractivity contribution in [2.45, 2.75) is 333 Å². The van der Waals surface area contributed by atoms with Gasteiger partial charge in [0.05, 0.1) is 25.4 Å². The minimum Gasteiger partial charge on any atom is -0.394 e. The smallest absolute Gasteiger partial charge is 0.394 e. The zero-order chi connectivity index (χ0) is 51.2. The first kappa shape index (κ1) is 66.9. The lowest BCUT2D eigenvalue weighted by Gasteiger charge is -2.41. The molecule has 0 bridgehead atoms. The molecule has 7 atom stereocenters. The van der Waals surface area contributed by atoms with E-state index in [1.54, 1.807) is 0 Å². The van der Waals surface area contributed by atoms with Crippen LogP contribution in [-0.2, 0) is 28.9 Å². The predicted octanol–water partition coefficient (Wildman–Crippen LogP) is 13.8. The summed E-state index contributed by atoms with van der Waals surface area (Å²) in [7, 11) is -5.08. The third kappa shape index (κ3) is 39.3. The number of allylic oxidation sites excluding steroid dienone is 2. The van der Waals surface area contributed by atoms with E-state index < -0.39 is 59.9 Å². The Morgan fingerprint density at radius 1 is 0.557 bits per heavy atom. The summed E-state index contributed by atoms with van der Waals surface area (Å²) in [5, 5.41) is 45.0. The van der Waals surface area contributed by atoms with Crippen LogP contribution >= 0.6 is 0 Å². The van der Waals surface area contributed by atoms with Crippen molar-refractivity contribution < 1.29 is 51.8 Å². The summed E-state index contributed by atoms with van der Waals surface area (Å²) >= 11 is 0. The van der Waals surface area contributed by atoms with Crippen molar-refractivity contribution in [3.8, 4) is 0 Å². The van der Waals surface area contributed by atoms with E-state index >= 15 is 0 Å². The molecule has 7 unspecified atom stereocenters. The molecule has 12 nitrogen and oxygen atoms in total. The molecule has 1 fully saturated rings. The SMILES string of the molecule is CCCCCCCCCCCCCC/C=C\CCCCCCCCCCCCCCCCCC(=O)NC(COC1OC(CO)C(O)C(OS(=O)(=O)O)C1O)C(O)CCCCCCCCCCCCCC. The Labute approximate surface area is 430 Å². The lowest BCUT2D eigenvalue weighted by Crippen LogP contribution is -2.61. The number of nitrogens with one attached hydrogen (secondary N) is 1. The van der Waals surface area contributed by atoms with Crippen LogP contribution in [0.1, 0.15) is 290 Å². The quantitative estimate of drug-likeness (QED) is 0.0193. The van der Waals surface area contributed by atoms with Gasteiger partial charge in [0.25, 0.3) is 0 Å². The van der Waals surface area contributed by atoms with Gasteiger partial charge >= 0.3 is 10.4 Å². The fraction of sp³-hybridized carbons (Fsp3) is 0.947. The largest absolute Gasteiger partial charge is 0.397 e. The normalized spacial score (nSPS) is 19.6. The number of amides is 1. The van der Waals surface area contributed by atoms with Crippen molar-refractivity contribution in [3.05, 3.63) is 12.2 Å². The van der Waals surface area contributed by atoms with Gasteiger partial charge in [-0.25, -0.2) is 4.18 Å². The molecule has 0 radical (unpaired) electrons. The number of ether oxygens (including phenoxy) is 2. The number of aliphatic hydroxyl groups excluding tert-OH is 4. The molecule has 1 rings (SSSR count). The lowest BCUT2D eigenvalue weighted by molar-refractivity contribution is -0.298. The zero-order valence-corrected chi connectivity index (χ0v) is 45.9. The third-order valence-corrected chi connectivity index (χ3v) is 14.8. The Morgan fingerprint density at radius 2 is 0.914 bits per heavy atom. The van der Waals surface area contributed by atoms with Crippen LogP contribution in [0.4, 0.5) is 0 Å². The summed E-state index contributed by atoms with van der Waals surface area (Å²) in [6, 6.07) is -0.854. The lowest BCUT2D eigenvalue weighted by atomic mass is 9.99. The van der Waals surface area contributed by atoms with E-state index in [1.165, 1.54) is 212 Å². The summed E-state index contributed by atoms with van der Waals surface area (Å²) in [5.74, 6) is -0.226. The number of hydrogen-bond acceptors (Lipinski definition) is 10. The van der Waals surface area contributed by atoms with E-state index in [9.17, 15) is 38.2 Å². The molecule has 0 spiro atoms. The molecule has 70 heavy (non-hydrogen) atoms. The van der Waals surface area contributed by atoms with Gasteiger partial charge in [0.1, 0.15) is 24.4 Å². The fourth-order valence-electron chi connectivity index (χ4n) is 9.75. The molecule has 0 saturated carbocycles. The highest BCUT2D eigenvalue weighted by atomic mass is 32.3. The van der Waals surface area contributed by atoms with Crippen molar-refractivity contribution in [3.63, 3.8) is 0 Å². The molecule has 6 N–H and O–H groups in total. The highest BCUT2D eigenvalue weighted by Gasteiger charge is 2.48. The number of hydrogen-bond donors (Lipinski definition) is 6. The molecule has 1 amide bonds. The van der Waals surface area contributed by atoms with Gasteiger partial charge in [-0.2, -0.15) is 8.42 Å². The van der Waals surface area contributed by atoms with Crippen molar-refractivity contribution >= 4 is 16.3 Å². The molecule has 1 heterocycles. The zero-order valence-electron chi connectivity index (χ0n) is 45.1. The molecular formula is C57H111NO11S. The van der Waals surface area contributed by atoms with Gasteiger partial charge in [-0.1, -0.05) is 257 Å². The first-order chi connectivity index (χ1) is 34.0. The van der Waals surface area contributed by atoms with Crippen LogP contribution in [0.15, 0.2) is 12.2 Å². The topological polar surface area (TPSA) is 192 Å². The molecular weight excluding hydrogens is 907 g/mol. The van der Waals surface area contributed by atoms with Crippen LogP contribution in [0.2, 0.25) is 0 Å². The van der Waals surface area contributed by atoms with Gasteiger partial charge in [0.2, 0.25) is 5.91 Å². The fourth-order valence-corrected chi connectivity index (χ4v) is 10.3. The molecule has 1 aliphatic heterocycles. The summed E-state index contributed by atoms with van der Waals surface area (Å²) in [5.41, 5.74) is 0. The first-order valence-corrected chi connectivity index (χ1v) is 30.9. The van der Waals surface area contributed by atoms with Gasteiger partial charge in [0.15, 0.2) is 6.29 Å². The molecule has 1 aliphatic rings. The summed E-state index contributed by atoms with van der Waals surface area (Å²) < 4.78 is 47.8. The van der Waals surface area contributed by atoms with Crippen molar-refractivity contribution in [2.75, 3.05) is 13.2 Å². The van der Waals surface area contributed by atoms with Gasteiger partial charge in [-0.05, 0) is 38.5 Å². The minimum atomic E-state index is -5.08. The maximum atomic E-state index is 13.1. The van der Waals surface area contributed by atoms with Gasteiger partial charge in [-0.3, -0.25) is 9.35 Å². The second-order valence-corrected chi connectivity index (χ2v) is 22.0. The molecule has 13 heteroatoms. The molecule has 0 aliphatic carbocycles. The Kier molecular flexibility index (Phi) is 45.4. The standard InChI is InChI=1S/C57H111NO11S/c1-3-5-7-9-11-13-15-17-18-19-20-21-22-23-24-25-26-27-28-29-30-31-32-33-34-35-37-39-41-43-45-47-53(61)58-50(51(60)46-44-42-40-38-36-16-14-12-10-8-6-4-2)49-67-57-55(63)56(69-70(64,65)66)54(62)52(48-59)68-57/h23-24,50-52,54-57,59-60,62-63H,3-22,25-49H2,1-2H3,(H,58,61)(H,64,65,66)/b24-23-. The van der Waals surface area contributed by atoms with Crippen LogP contribution in [0.5, 0.6) is 0 Å². The Hall–Kier alpha value is -1.16. The Balaban J connectivity index is 2.22. The maximum Gasteiger partial charge on any atom is 0.397 e. The van der Waals surface area contributed by atoms with Crippen molar-refractivity contribution in [1.82, 2.24) is 5.32 Å². The van der Waals surface area contributed by atoms with E-state index in [1.807, 2.05) is 0 Å². The predicted molar refractivity (Wildman–Crippen MR) is 287 cm³/mol. The van der Waals surface area contributed by atoms with Crippen LogP contribution in [-0.4, -0.2) is 95.4 Å². The Morgan fingerprint density at radius 3 is 1.29 bits per heavy atom. The molecule has 416 valence electrons. The van der Waals surface area contributed by atoms with E-state index in [0.717, 1.165) is 51.4 Å². The maximum absolute atomic E-state index is 13.1. The summed E-state index contributed by atoms with van der Waals surface area (Å²) in [4.78, 5) is 13.1. The van der Waals surface area contributed by atoms with Gasteiger partial charge in [-0.15, -0.1) is 0 Å². The minimum absolute atomic E-state index is 0.226. The molecule has 0 aromatic heterocycles. The van der Waals surface area contributed by atoms with E-state index in [-0.39, 0.29) is 12.5 Å². The van der Waals surface area contributed by atoms with E-state index in [4.69, 9.17) is 9.47 Å². The van der Waals surface area contributed by atoms with Crippen LogP contribution in [0.3, 0.4) is 0 Å².